The fourth-order valence-electron chi connectivity index (χ4n) is 1.60. The van der Waals surface area contributed by atoms with Crippen molar-refractivity contribution in [1.29, 1.82) is 0 Å². The summed E-state index contributed by atoms with van der Waals surface area (Å²) >= 11 is 0. The van der Waals surface area contributed by atoms with Crippen LogP contribution in [0, 0.1) is 0 Å². The van der Waals surface area contributed by atoms with Crippen LogP contribution in [0.4, 0.5) is 20.2 Å². The van der Waals surface area contributed by atoms with Crippen LogP contribution >= 0.6 is 0 Å². The summed E-state index contributed by atoms with van der Waals surface area (Å²) < 4.78 is 49.0. The molecule has 0 unspecified atom stereocenters. The zero-order chi connectivity index (χ0) is 14.8. The van der Waals surface area contributed by atoms with Gasteiger partial charge in [-0.3, -0.25) is 4.68 Å². The van der Waals surface area contributed by atoms with E-state index in [4.69, 9.17) is 0 Å². The molecule has 1 N–H and O–H groups in total. The Balaban J connectivity index is 2.16. The van der Waals surface area contributed by atoms with E-state index in [0.717, 1.165) is 24.4 Å². The molecule has 1 heterocycles. The molecule has 0 bridgehead atoms. The molecule has 0 saturated heterocycles. The van der Waals surface area contributed by atoms with Crippen molar-refractivity contribution in [3.63, 3.8) is 0 Å². The topological polar surface area (TPSA) is 64.0 Å². The minimum atomic E-state index is -4.54. The maximum atomic E-state index is 12.4. The Hall–Kier alpha value is -1.96. The number of nitrogens with one attached hydrogen (secondary N) is 1. The van der Waals surface area contributed by atoms with Crippen LogP contribution in [0.25, 0.3) is 0 Å². The minimum Gasteiger partial charge on any atom is -0.353 e. The van der Waals surface area contributed by atoms with Gasteiger partial charge in [0.15, 0.2) is 0 Å². The molecule has 0 aliphatic carbocycles. The maximum Gasteiger partial charge on any atom is 0.341 e. The van der Waals surface area contributed by atoms with Crippen molar-refractivity contribution in [2.45, 2.75) is 24.1 Å². The van der Waals surface area contributed by atoms with E-state index in [1.54, 1.807) is 17.1 Å². The van der Waals surface area contributed by atoms with Crippen molar-refractivity contribution in [1.82, 2.24) is 9.78 Å². The molecule has 0 atom stereocenters. The number of aryl methyl sites for hydroxylation is 1. The summed E-state index contributed by atoms with van der Waals surface area (Å²) in [7, 11) is -4.54. The third-order valence-corrected chi connectivity index (χ3v) is 4.06. The van der Waals surface area contributed by atoms with Gasteiger partial charge in [0.05, 0.1) is 16.8 Å². The van der Waals surface area contributed by atoms with Crippen molar-refractivity contribution in [2.24, 2.45) is 0 Å². The number of aromatic nitrogens is 2. The fourth-order valence-corrected chi connectivity index (χ4v) is 2.32. The Bertz CT molecular complexity index is 681. The predicted molar refractivity (Wildman–Crippen MR) is 70.8 cm³/mol. The van der Waals surface area contributed by atoms with Gasteiger partial charge in [0.25, 0.3) is 0 Å². The van der Waals surface area contributed by atoms with E-state index in [1.165, 1.54) is 12.1 Å². The number of nitrogens with zero attached hydrogens (tertiary/aromatic N) is 2. The Morgan fingerprint density at radius 3 is 2.40 bits per heavy atom. The number of sulfone groups is 1. The summed E-state index contributed by atoms with van der Waals surface area (Å²) in [6.07, 6.45) is 3.40. The molecule has 0 radical (unpaired) electrons. The monoisotopic (exact) mass is 301 g/mol. The molecule has 5 nitrogen and oxygen atoms in total. The van der Waals surface area contributed by atoms with E-state index in [9.17, 15) is 17.2 Å². The first-order chi connectivity index (χ1) is 9.43. The Kier molecular flexibility index (Phi) is 4.03. The highest BCUT2D eigenvalue weighted by molar-refractivity contribution is 7.91. The molecule has 2 aromatic rings. The number of anilines is 2. The first kappa shape index (κ1) is 14.4. The van der Waals surface area contributed by atoms with Gasteiger partial charge >= 0.3 is 5.76 Å². The van der Waals surface area contributed by atoms with Gasteiger partial charge in [-0.15, -0.1) is 0 Å². The average molecular weight is 301 g/mol. The van der Waals surface area contributed by atoms with E-state index < -0.39 is 20.5 Å². The van der Waals surface area contributed by atoms with Crippen molar-refractivity contribution >= 4 is 21.2 Å². The lowest BCUT2D eigenvalue weighted by Gasteiger charge is -2.06. The summed E-state index contributed by atoms with van der Waals surface area (Å²) in [5.41, 5.74) is 1.32. The second-order valence-electron chi connectivity index (χ2n) is 4.04. The summed E-state index contributed by atoms with van der Waals surface area (Å²) in [5.74, 6) is -3.41. The molecule has 0 spiro atoms. The van der Waals surface area contributed by atoms with Crippen LogP contribution in [0.15, 0.2) is 41.6 Å². The molecule has 0 aliphatic heterocycles. The number of benzene rings is 1. The Labute approximate surface area is 115 Å². The normalized spacial score (nSPS) is 11.8. The molecular formula is C12H13F2N3O2S. The van der Waals surface area contributed by atoms with E-state index in [1.807, 2.05) is 6.92 Å². The summed E-state index contributed by atoms with van der Waals surface area (Å²) in [6.45, 7) is 2.67. The molecule has 0 fully saturated rings. The lowest BCUT2D eigenvalue weighted by atomic mass is 10.3. The van der Waals surface area contributed by atoms with Gasteiger partial charge in [0.2, 0.25) is 9.84 Å². The highest BCUT2D eigenvalue weighted by Crippen LogP contribution is 2.22. The first-order valence-electron chi connectivity index (χ1n) is 5.85. The molecular weight excluding hydrogens is 288 g/mol. The highest BCUT2D eigenvalue weighted by Gasteiger charge is 2.26. The Morgan fingerprint density at radius 1 is 1.25 bits per heavy atom. The van der Waals surface area contributed by atoms with Crippen LogP contribution in [0.5, 0.6) is 0 Å². The zero-order valence-corrected chi connectivity index (χ0v) is 11.4. The molecule has 0 amide bonds. The van der Waals surface area contributed by atoms with Crippen LogP contribution in [0.3, 0.4) is 0 Å². The number of hydrogen-bond donors (Lipinski definition) is 1. The summed E-state index contributed by atoms with van der Waals surface area (Å²) in [5, 5.41) is 7.07. The second-order valence-corrected chi connectivity index (χ2v) is 5.96. The Morgan fingerprint density at radius 2 is 1.90 bits per heavy atom. The van der Waals surface area contributed by atoms with Gasteiger partial charge in [-0.05, 0) is 31.2 Å². The van der Waals surface area contributed by atoms with Crippen molar-refractivity contribution in [2.75, 3.05) is 5.32 Å². The number of halogens is 2. The third-order valence-electron chi connectivity index (χ3n) is 2.66. The minimum absolute atomic E-state index is 0.401. The van der Waals surface area contributed by atoms with Crippen molar-refractivity contribution in [3.8, 4) is 0 Å². The predicted octanol–water partition coefficient (Wildman–Crippen LogP) is 2.64. The molecule has 8 heteroatoms. The van der Waals surface area contributed by atoms with Gasteiger partial charge in [-0.2, -0.15) is 13.9 Å². The SMILES string of the molecule is CCn1cc(Nc2ccc(S(=O)(=O)C(F)F)cc2)cn1. The standard InChI is InChI=1S/C12H13F2N3O2S/c1-2-17-8-10(7-15-17)16-9-3-5-11(6-4-9)20(18,19)12(13)14/h3-8,12,16H,2H2,1H3. The van der Waals surface area contributed by atoms with Crippen LogP contribution in [0.1, 0.15) is 6.92 Å². The second kappa shape index (κ2) is 5.58. The van der Waals surface area contributed by atoms with Crippen LogP contribution in [0.2, 0.25) is 0 Å². The molecule has 20 heavy (non-hydrogen) atoms. The van der Waals surface area contributed by atoms with Crippen molar-refractivity contribution < 1.29 is 17.2 Å². The van der Waals surface area contributed by atoms with E-state index in [-0.39, 0.29) is 0 Å². The van der Waals surface area contributed by atoms with E-state index >= 15 is 0 Å². The van der Waals surface area contributed by atoms with Crippen LogP contribution < -0.4 is 5.32 Å². The molecule has 1 aromatic carbocycles. The maximum absolute atomic E-state index is 12.4. The van der Waals surface area contributed by atoms with Gasteiger partial charge in [0, 0.05) is 18.4 Å². The average Bonchev–Trinajstić information content (AvgIpc) is 2.87. The number of rotatable bonds is 5. The smallest absolute Gasteiger partial charge is 0.341 e. The lowest BCUT2D eigenvalue weighted by Crippen LogP contribution is -2.11. The number of hydrogen-bond acceptors (Lipinski definition) is 4. The number of alkyl halides is 2. The fraction of sp³-hybridized carbons (Fsp3) is 0.250. The first-order valence-corrected chi connectivity index (χ1v) is 7.39. The van der Waals surface area contributed by atoms with Crippen molar-refractivity contribution in [3.05, 3.63) is 36.7 Å². The lowest BCUT2D eigenvalue weighted by molar-refractivity contribution is 0.234. The molecule has 108 valence electrons. The van der Waals surface area contributed by atoms with Gasteiger partial charge in [0.1, 0.15) is 0 Å². The zero-order valence-electron chi connectivity index (χ0n) is 10.6. The molecule has 0 saturated carbocycles. The van der Waals surface area contributed by atoms with E-state index in [0.29, 0.717) is 5.69 Å². The quantitative estimate of drug-likeness (QED) is 0.922. The third kappa shape index (κ3) is 2.96. The molecule has 1 aromatic heterocycles. The molecule has 0 aliphatic rings. The summed E-state index contributed by atoms with van der Waals surface area (Å²) in [4.78, 5) is -0.401. The van der Waals surface area contributed by atoms with Crippen LogP contribution in [-0.4, -0.2) is 24.0 Å². The van der Waals surface area contributed by atoms with Crippen LogP contribution in [-0.2, 0) is 16.4 Å². The van der Waals surface area contributed by atoms with E-state index in [2.05, 4.69) is 10.4 Å². The largest absolute Gasteiger partial charge is 0.353 e. The van der Waals surface area contributed by atoms with Gasteiger partial charge in [-0.25, -0.2) is 8.42 Å². The van der Waals surface area contributed by atoms with Gasteiger partial charge in [-0.1, -0.05) is 0 Å². The highest BCUT2D eigenvalue weighted by atomic mass is 32.2. The molecule has 2 rings (SSSR count). The summed E-state index contributed by atoms with van der Waals surface area (Å²) in [6, 6.07) is 5.15. The van der Waals surface area contributed by atoms with Gasteiger partial charge < -0.3 is 5.32 Å².